The van der Waals surface area contributed by atoms with Gasteiger partial charge in [-0.3, -0.25) is 0 Å². The topological polar surface area (TPSA) is 54.2 Å². The first-order valence-corrected chi connectivity index (χ1v) is 4.99. The lowest BCUT2D eigenvalue weighted by Gasteiger charge is -2.29. The van der Waals surface area contributed by atoms with Crippen LogP contribution in [-0.4, -0.2) is 45.1 Å². The van der Waals surface area contributed by atoms with Gasteiger partial charge in [0, 0.05) is 6.54 Å². The Morgan fingerprint density at radius 3 is 3.14 bits per heavy atom. The van der Waals surface area contributed by atoms with Crippen molar-refractivity contribution < 1.29 is 5.11 Å². The van der Waals surface area contributed by atoms with Gasteiger partial charge in [-0.15, -0.1) is 5.10 Å². The van der Waals surface area contributed by atoms with E-state index < -0.39 is 0 Å². The third-order valence-corrected chi connectivity index (χ3v) is 2.69. The fourth-order valence-corrected chi connectivity index (χ4v) is 1.92. The molecule has 14 heavy (non-hydrogen) atoms. The summed E-state index contributed by atoms with van der Waals surface area (Å²) in [5, 5.41) is 16.8. The monoisotopic (exact) mass is 196 g/mol. The van der Waals surface area contributed by atoms with Gasteiger partial charge in [0.05, 0.1) is 18.8 Å². The maximum Gasteiger partial charge on any atom is 0.108 e. The first-order valence-electron chi connectivity index (χ1n) is 4.99. The highest BCUT2D eigenvalue weighted by Crippen LogP contribution is 2.19. The van der Waals surface area contributed by atoms with Crippen LogP contribution in [0.4, 0.5) is 0 Å². The van der Waals surface area contributed by atoms with Gasteiger partial charge in [-0.2, -0.15) is 0 Å². The Bertz CT molecular complexity index is 299. The van der Waals surface area contributed by atoms with E-state index in [4.69, 9.17) is 5.11 Å². The summed E-state index contributed by atoms with van der Waals surface area (Å²) in [7, 11) is 2.12. The molecule has 1 aromatic heterocycles. The normalized spacial score (nSPS) is 24.0. The van der Waals surface area contributed by atoms with E-state index in [2.05, 4.69) is 22.3 Å². The highest BCUT2D eigenvalue weighted by molar-refractivity contribution is 4.91. The number of likely N-dealkylation sites (tertiary alicyclic amines) is 1. The van der Waals surface area contributed by atoms with E-state index >= 15 is 0 Å². The minimum Gasteiger partial charge on any atom is -0.390 e. The molecule has 1 aliphatic rings. The summed E-state index contributed by atoms with van der Waals surface area (Å²) in [5.74, 6) is 0. The van der Waals surface area contributed by atoms with E-state index in [9.17, 15) is 0 Å². The number of aromatic nitrogens is 3. The molecule has 78 valence electrons. The summed E-state index contributed by atoms with van der Waals surface area (Å²) in [6, 6.07) is 0.418. The summed E-state index contributed by atoms with van der Waals surface area (Å²) < 4.78 is 1.88. The zero-order chi connectivity index (χ0) is 9.97. The van der Waals surface area contributed by atoms with Crippen LogP contribution < -0.4 is 0 Å². The largest absolute Gasteiger partial charge is 0.390 e. The van der Waals surface area contributed by atoms with Gasteiger partial charge in [-0.1, -0.05) is 5.21 Å². The van der Waals surface area contributed by atoms with Gasteiger partial charge < -0.3 is 10.0 Å². The molecule has 5 heteroatoms. The summed E-state index contributed by atoms with van der Waals surface area (Å²) in [5.41, 5.74) is 0.651. The third-order valence-electron chi connectivity index (χ3n) is 2.69. The van der Waals surface area contributed by atoms with Crippen molar-refractivity contribution in [2.24, 2.45) is 0 Å². The molecule has 0 saturated carbocycles. The fourth-order valence-electron chi connectivity index (χ4n) is 1.92. The Kier molecular flexibility index (Phi) is 2.79. The van der Waals surface area contributed by atoms with Crippen LogP contribution in [0.25, 0.3) is 0 Å². The van der Waals surface area contributed by atoms with Gasteiger partial charge in [0.25, 0.3) is 0 Å². The second-order valence-corrected chi connectivity index (χ2v) is 3.91. The quantitative estimate of drug-likeness (QED) is 0.725. The van der Waals surface area contributed by atoms with Gasteiger partial charge in [0.15, 0.2) is 0 Å². The van der Waals surface area contributed by atoms with Crippen molar-refractivity contribution in [3.8, 4) is 0 Å². The molecule has 0 radical (unpaired) electrons. The van der Waals surface area contributed by atoms with Crippen molar-refractivity contribution in [2.45, 2.75) is 25.5 Å². The van der Waals surface area contributed by atoms with E-state index in [1.54, 1.807) is 0 Å². The predicted octanol–water partition coefficient (Wildman–Crippen LogP) is 0.0371. The predicted molar refractivity (Wildman–Crippen MR) is 51.7 cm³/mol. The van der Waals surface area contributed by atoms with Crippen molar-refractivity contribution in [1.82, 2.24) is 19.9 Å². The van der Waals surface area contributed by atoms with E-state index in [1.165, 1.54) is 6.42 Å². The lowest BCUT2D eigenvalue weighted by Crippen LogP contribution is -2.33. The van der Waals surface area contributed by atoms with Crippen molar-refractivity contribution in [3.63, 3.8) is 0 Å². The molecule has 1 aromatic rings. The summed E-state index contributed by atoms with van der Waals surface area (Å²) in [6.07, 6.45) is 4.19. The molecule has 0 aromatic carbocycles. The number of hydrogen-bond acceptors (Lipinski definition) is 4. The lowest BCUT2D eigenvalue weighted by molar-refractivity contribution is 0.200. The van der Waals surface area contributed by atoms with E-state index in [0.717, 1.165) is 19.5 Å². The maximum absolute atomic E-state index is 8.88. The van der Waals surface area contributed by atoms with Crippen LogP contribution in [0.2, 0.25) is 0 Å². The van der Waals surface area contributed by atoms with Crippen LogP contribution in [-0.2, 0) is 6.61 Å². The zero-order valence-electron chi connectivity index (χ0n) is 8.43. The molecule has 5 nitrogen and oxygen atoms in total. The van der Waals surface area contributed by atoms with E-state index in [1.807, 2.05) is 10.9 Å². The standard InChI is InChI=1S/C9H16N4O/c1-12-4-2-3-9(6-12)13-5-8(7-14)10-11-13/h5,9,14H,2-4,6-7H2,1H3/t9-/m0/s1. The zero-order valence-corrected chi connectivity index (χ0v) is 8.43. The van der Waals surface area contributed by atoms with Crippen LogP contribution in [0.15, 0.2) is 6.20 Å². The van der Waals surface area contributed by atoms with Crippen LogP contribution in [0.1, 0.15) is 24.6 Å². The molecule has 0 aliphatic carbocycles. The molecule has 1 saturated heterocycles. The average molecular weight is 196 g/mol. The number of aliphatic hydroxyl groups excluding tert-OH is 1. The van der Waals surface area contributed by atoms with Gasteiger partial charge in [-0.05, 0) is 26.4 Å². The molecule has 1 aliphatic heterocycles. The Labute approximate surface area is 83.3 Å². The summed E-state index contributed by atoms with van der Waals surface area (Å²) in [6.45, 7) is 2.16. The molecule has 0 amide bonds. The van der Waals surface area contributed by atoms with Gasteiger partial charge in [-0.25, -0.2) is 4.68 Å². The SMILES string of the molecule is CN1CCC[C@H](n2cc(CO)nn2)C1. The highest BCUT2D eigenvalue weighted by Gasteiger charge is 2.19. The number of aliphatic hydroxyl groups is 1. The number of hydrogen-bond donors (Lipinski definition) is 1. The Morgan fingerprint density at radius 2 is 2.50 bits per heavy atom. The third kappa shape index (κ3) is 1.93. The maximum atomic E-state index is 8.88. The minimum absolute atomic E-state index is 0.0252. The minimum atomic E-state index is -0.0252. The van der Waals surface area contributed by atoms with Crippen molar-refractivity contribution in [3.05, 3.63) is 11.9 Å². The van der Waals surface area contributed by atoms with E-state index in [-0.39, 0.29) is 6.61 Å². The molecule has 0 spiro atoms. The smallest absolute Gasteiger partial charge is 0.108 e. The van der Waals surface area contributed by atoms with Crippen LogP contribution >= 0.6 is 0 Å². The molecular weight excluding hydrogens is 180 g/mol. The number of nitrogens with zero attached hydrogens (tertiary/aromatic N) is 4. The second-order valence-electron chi connectivity index (χ2n) is 3.91. The Balaban J connectivity index is 2.06. The number of rotatable bonds is 2. The van der Waals surface area contributed by atoms with Crippen molar-refractivity contribution >= 4 is 0 Å². The first-order chi connectivity index (χ1) is 6.79. The molecule has 1 N–H and O–H groups in total. The molecule has 1 atom stereocenters. The van der Waals surface area contributed by atoms with Crippen molar-refractivity contribution in [2.75, 3.05) is 20.1 Å². The number of piperidine rings is 1. The highest BCUT2D eigenvalue weighted by atomic mass is 16.3. The molecule has 2 heterocycles. The molecule has 0 unspecified atom stereocenters. The summed E-state index contributed by atoms with van der Waals surface area (Å²) in [4.78, 5) is 2.30. The molecular formula is C9H16N4O. The second kappa shape index (κ2) is 4.06. The van der Waals surface area contributed by atoms with E-state index in [0.29, 0.717) is 11.7 Å². The Morgan fingerprint density at radius 1 is 1.64 bits per heavy atom. The fraction of sp³-hybridized carbons (Fsp3) is 0.778. The molecule has 1 fully saturated rings. The van der Waals surface area contributed by atoms with Crippen molar-refractivity contribution in [1.29, 1.82) is 0 Å². The van der Waals surface area contributed by atoms with Gasteiger partial charge in [0.2, 0.25) is 0 Å². The average Bonchev–Trinajstić information content (AvgIpc) is 2.66. The van der Waals surface area contributed by atoms with Gasteiger partial charge >= 0.3 is 0 Å². The van der Waals surface area contributed by atoms with Crippen LogP contribution in [0.5, 0.6) is 0 Å². The summed E-state index contributed by atoms with van der Waals surface area (Å²) >= 11 is 0. The van der Waals surface area contributed by atoms with Gasteiger partial charge in [0.1, 0.15) is 5.69 Å². The first kappa shape index (κ1) is 9.61. The molecule has 2 rings (SSSR count). The number of likely N-dealkylation sites (N-methyl/N-ethyl adjacent to an activating group) is 1. The Hall–Kier alpha value is -0.940. The van der Waals surface area contributed by atoms with Crippen LogP contribution in [0, 0.1) is 0 Å². The lowest BCUT2D eigenvalue weighted by atomic mass is 10.1. The molecule has 0 bridgehead atoms. The van der Waals surface area contributed by atoms with Crippen LogP contribution in [0.3, 0.4) is 0 Å².